The Morgan fingerprint density at radius 2 is 1.69 bits per heavy atom. The largest absolute Gasteiger partial charge is 0.198 e. The molecule has 0 aliphatic heterocycles. The minimum absolute atomic E-state index is 0.0785. The second kappa shape index (κ2) is 3.01. The third-order valence-electron chi connectivity index (χ3n) is 4.12. The molecule has 0 heterocycles. The average molecular weight is 177 g/mol. The van der Waals surface area contributed by atoms with Crippen molar-refractivity contribution in [2.45, 2.75) is 58.3 Å². The number of nitriles is 1. The maximum Gasteiger partial charge on any atom is 0.0689 e. The molecule has 2 saturated carbocycles. The molecule has 13 heavy (non-hydrogen) atoms. The Labute approximate surface area is 81.1 Å². The Morgan fingerprint density at radius 3 is 2.08 bits per heavy atom. The summed E-state index contributed by atoms with van der Waals surface area (Å²) in [4.78, 5) is 0. The molecule has 0 spiro atoms. The first-order valence-corrected chi connectivity index (χ1v) is 5.59. The molecular weight excluding hydrogens is 158 g/mol. The van der Waals surface area contributed by atoms with Crippen molar-refractivity contribution in [3.05, 3.63) is 0 Å². The summed E-state index contributed by atoms with van der Waals surface area (Å²) >= 11 is 0. The zero-order valence-corrected chi connectivity index (χ0v) is 8.60. The van der Waals surface area contributed by atoms with Crippen LogP contribution in [0.25, 0.3) is 0 Å². The van der Waals surface area contributed by atoms with Gasteiger partial charge >= 0.3 is 0 Å². The van der Waals surface area contributed by atoms with E-state index in [2.05, 4.69) is 13.0 Å². The molecule has 0 unspecified atom stereocenters. The van der Waals surface area contributed by atoms with Gasteiger partial charge in [-0.05, 0) is 37.5 Å². The zero-order valence-electron chi connectivity index (χ0n) is 8.60. The van der Waals surface area contributed by atoms with E-state index in [9.17, 15) is 5.26 Å². The molecule has 2 rings (SSSR count). The molecule has 2 aliphatic carbocycles. The van der Waals surface area contributed by atoms with Gasteiger partial charge in [-0.3, -0.25) is 0 Å². The number of nitrogens with zero attached hydrogens (tertiary/aromatic N) is 1. The molecule has 1 nitrogen and oxygen atoms in total. The summed E-state index contributed by atoms with van der Waals surface area (Å²) in [6.45, 7) is 2.37. The Morgan fingerprint density at radius 1 is 1.08 bits per heavy atom. The van der Waals surface area contributed by atoms with Crippen molar-refractivity contribution in [1.29, 1.82) is 5.26 Å². The van der Waals surface area contributed by atoms with Gasteiger partial charge in [-0.15, -0.1) is 0 Å². The molecule has 0 radical (unpaired) electrons. The van der Waals surface area contributed by atoms with E-state index >= 15 is 0 Å². The molecule has 72 valence electrons. The summed E-state index contributed by atoms with van der Waals surface area (Å²) in [5, 5.41) is 9.25. The van der Waals surface area contributed by atoms with Crippen LogP contribution in [-0.2, 0) is 0 Å². The maximum atomic E-state index is 9.25. The molecule has 0 aromatic rings. The topological polar surface area (TPSA) is 23.8 Å². The Kier molecular flexibility index (Phi) is 2.10. The van der Waals surface area contributed by atoms with E-state index in [1.54, 1.807) is 0 Å². The molecule has 1 heteroatoms. The second-order valence-electron chi connectivity index (χ2n) is 5.44. The van der Waals surface area contributed by atoms with Crippen molar-refractivity contribution in [1.82, 2.24) is 0 Å². The van der Waals surface area contributed by atoms with Crippen molar-refractivity contribution in [2.24, 2.45) is 10.8 Å². The lowest BCUT2D eigenvalue weighted by Gasteiger charge is -2.42. The van der Waals surface area contributed by atoms with Crippen molar-refractivity contribution in [3.63, 3.8) is 0 Å². The van der Waals surface area contributed by atoms with Gasteiger partial charge in [0.25, 0.3) is 0 Å². The highest BCUT2D eigenvalue weighted by Crippen LogP contribution is 2.53. The third-order valence-corrected chi connectivity index (χ3v) is 4.12. The van der Waals surface area contributed by atoms with Crippen molar-refractivity contribution < 1.29 is 0 Å². The zero-order chi connectivity index (χ0) is 9.36. The van der Waals surface area contributed by atoms with Gasteiger partial charge in [-0.25, -0.2) is 0 Å². The minimum atomic E-state index is 0.0785. The molecule has 0 N–H and O–H groups in total. The molecule has 0 amide bonds. The minimum Gasteiger partial charge on any atom is -0.198 e. The van der Waals surface area contributed by atoms with E-state index in [4.69, 9.17) is 0 Å². The van der Waals surface area contributed by atoms with Crippen LogP contribution in [0.4, 0.5) is 0 Å². The van der Waals surface area contributed by atoms with E-state index < -0.39 is 0 Å². The Bertz CT molecular complexity index is 226. The van der Waals surface area contributed by atoms with Crippen LogP contribution in [0.3, 0.4) is 0 Å². The lowest BCUT2D eigenvalue weighted by Crippen LogP contribution is -2.32. The lowest BCUT2D eigenvalue weighted by molar-refractivity contribution is 0.0943. The smallest absolute Gasteiger partial charge is 0.0689 e. The fourth-order valence-corrected chi connectivity index (χ4v) is 3.15. The van der Waals surface area contributed by atoms with Crippen LogP contribution >= 0.6 is 0 Å². The van der Waals surface area contributed by atoms with Gasteiger partial charge in [0.1, 0.15) is 0 Å². The van der Waals surface area contributed by atoms with Crippen LogP contribution in [-0.4, -0.2) is 0 Å². The summed E-state index contributed by atoms with van der Waals surface area (Å²) in [7, 11) is 0. The van der Waals surface area contributed by atoms with Gasteiger partial charge in [-0.2, -0.15) is 5.26 Å². The quantitative estimate of drug-likeness (QED) is 0.631. The predicted octanol–water partition coefficient (Wildman–Crippen LogP) is 3.65. The molecule has 2 aliphatic rings. The summed E-state index contributed by atoms with van der Waals surface area (Å²) in [6, 6.07) is 2.60. The van der Waals surface area contributed by atoms with E-state index in [1.165, 1.54) is 51.4 Å². The van der Waals surface area contributed by atoms with Gasteiger partial charge in [0.15, 0.2) is 0 Å². The highest BCUT2D eigenvalue weighted by atomic mass is 14.5. The summed E-state index contributed by atoms with van der Waals surface area (Å²) in [5.41, 5.74) is 0.606. The fraction of sp³-hybridized carbons (Fsp3) is 0.917. The van der Waals surface area contributed by atoms with Gasteiger partial charge in [-0.1, -0.05) is 26.2 Å². The lowest BCUT2D eigenvalue weighted by atomic mass is 9.61. The Hall–Kier alpha value is -0.510. The summed E-state index contributed by atoms with van der Waals surface area (Å²) in [6.07, 6.45) is 10.2. The van der Waals surface area contributed by atoms with Crippen molar-refractivity contribution >= 4 is 0 Å². The third kappa shape index (κ3) is 1.59. The summed E-state index contributed by atoms with van der Waals surface area (Å²) in [5.74, 6) is 0. The number of rotatable bonds is 2. The monoisotopic (exact) mass is 177 g/mol. The fourth-order valence-electron chi connectivity index (χ4n) is 3.15. The average Bonchev–Trinajstić information content (AvgIpc) is 2.51. The maximum absolute atomic E-state index is 9.25. The van der Waals surface area contributed by atoms with Crippen molar-refractivity contribution in [3.8, 4) is 6.07 Å². The molecule has 0 saturated heterocycles. The summed E-state index contributed by atoms with van der Waals surface area (Å²) < 4.78 is 0. The SMILES string of the molecule is CC1(CC2(C#N)CCCC2)CCC1. The molecule has 0 aromatic heterocycles. The highest BCUT2D eigenvalue weighted by Gasteiger charge is 2.43. The van der Waals surface area contributed by atoms with E-state index in [0.29, 0.717) is 5.41 Å². The number of hydrogen-bond donors (Lipinski definition) is 0. The number of hydrogen-bond acceptors (Lipinski definition) is 1. The van der Waals surface area contributed by atoms with Crippen molar-refractivity contribution in [2.75, 3.05) is 0 Å². The van der Waals surface area contributed by atoms with Gasteiger partial charge in [0.05, 0.1) is 11.5 Å². The van der Waals surface area contributed by atoms with Gasteiger partial charge in [0.2, 0.25) is 0 Å². The predicted molar refractivity (Wildman–Crippen MR) is 53.1 cm³/mol. The van der Waals surface area contributed by atoms with Gasteiger partial charge in [0, 0.05) is 0 Å². The van der Waals surface area contributed by atoms with E-state index in [1.807, 2.05) is 0 Å². The van der Waals surface area contributed by atoms with Crippen LogP contribution in [0.5, 0.6) is 0 Å². The first-order chi connectivity index (χ1) is 6.18. The van der Waals surface area contributed by atoms with Crippen LogP contribution in [0.1, 0.15) is 58.3 Å². The molecule has 0 aromatic carbocycles. The second-order valence-corrected chi connectivity index (χ2v) is 5.44. The van der Waals surface area contributed by atoms with Crippen LogP contribution in [0.2, 0.25) is 0 Å². The van der Waals surface area contributed by atoms with Gasteiger partial charge < -0.3 is 0 Å². The molecule has 0 bridgehead atoms. The van der Waals surface area contributed by atoms with Crippen LogP contribution in [0.15, 0.2) is 0 Å². The molecule has 2 fully saturated rings. The first-order valence-electron chi connectivity index (χ1n) is 5.59. The first kappa shape index (κ1) is 9.06. The highest BCUT2D eigenvalue weighted by molar-refractivity contribution is 5.05. The standard InChI is InChI=1S/C12H19N/c1-11(5-4-6-11)9-12(10-13)7-2-3-8-12/h2-9H2,1H3. The Balaban J connectivity index is 2.02. The van der Waals surface area contributed by atoms with Crippen LogP contribution in [0, 0.1) is 22.2 Å². The van der Waals surface area contributed by atoms with E-state index in [0.717, 1.165) is 0 Å². The van der Waals surface area contributed by atoms with Crippen LogP contribution < -0.4 is 0 Å². The molecule has 0 atom stereocenters. The molecular formula is C12H19N. The normalized spacial score (nSPS) is 29.2. The van der Waals surface area contributed by atoms with E-state index in [-0.39, 0.29) is 5.41 Å².